The van der Waals surface area contributed by atoms with Crippen LogP contribution in [0.1, 0.15) is 19.8 Å². The first-order valence-electron chi connectivity index (χ1n) is 5.34. The molecule has 0 bridgehead atoms. The Morgan fingerprint density at radius 3 is 2.50 bits per heavy atom. The topological polar surface area (TPSA) is 38.5 Å². The summed E-state index contributed by atoms with van der Waals surface area (Å²) in [5.41, 5.74) is 6.51. The van der Waals surface area contributed by atoms with Gasteiger partial charge in [0, 0.05) is 24.5 Å². The molecule has 2 atom stereocenters. The van der Waals surface area contributed by atoms with Crippen molar-refractivity contribution in [1.29, 1.82) is 0 Å². The summed E-state index contributed by atoms with van der Waals surface area (Å²) in [6, 6.07) is 0.242. The number of ether oxygens (including phenoxy) is 1. The Morgan fingerprint density at radius 2 is 2.07 bits per heavy atom. The molecule has 0 saturated carbocycles. The van der Waals surface area contributed by atoms with E-state index in [0.29, 0.717) is 0 Å². The Kier molecular flexibility index (Phi) is 3.07. The van der Waals surface area contributed by atoms with E-state index < -0.39 is 0 Å². The Balaban J connectivity index is 1.99. The molecular weight excluding hydrogens is 196 g/mol. The fraction of sp³-hybridized carbons (Fsp3) is 1.00. The minimum Gasteiger partial charge on any atom is -0.376 e. The van der Waals surface area contributed by atoms with Crippen LogP contribution < -0.4 is 5.73 Å². The van der Waals surface area contributed by atoms with Crippen LogP contribution in [0.5, 0.6) is 0 Å². The van der Waals surface area contributed by atoms with Crippen molar-refractivity contribution in [3.05, 3.63) is 0 Å². The van der Waals surface area contributed by atoms with Gasteiger partial charge in [-0.05, 0) is 26.0 Å². The highest BCUT2D eigenvalue weighted by atomic mass is 32.2. The van der Waals surface area contributed by atoms with Gasteiger partial charge in [0.25, 0.3) is 0 Å². The molecule has 2 heterocycles. The van der Waals surface area contributed by atoms with Gasteiger partial charge < -0.3 is 10.5 Å². The Morgan fingerprint density at radius 1 is 1.43 bits per heavy atom. The minimum atomic E-state index is 0.242. The van der Waals surface area contributed by atoms with Crippen molar-refractivity contribution in [2.75, 3.05) is 26.0 Å². The molecule has 0 aliphatic carbocycles. The summed E-state index contributed by atoms with van der Waals surface area (Å²) in [4.78, 5) is 0. The van der Waals surface area contributed by atoms with E-state index in [1.165, 1.54) is 12.8 Å². The third kappa shape index (κ3) is 1.69. The number of nitrogens with zero attached hydrogens (tertiary/aromatic N) is 1. The van der Waals surface area contributed by atoms with Gasteiger partial charge in [-0.1, -0.05) is 11.9 Å². The van der Waals surface area contributed by atoms with Crippen LogP contribution in [0.2, 0.25) is 0 Å². The van der Waals surface area contributed by atoms with E-state index in [4.69, 9.17) is 10.5 Å². The van der Waals surface area contributed by atoms with Gasteiger partial charge in [0.05, 0.1) is 12.7 Å². The van der Waals surface area contributed by atoms with E-state index in [0.717, 1.165) is 19.7 Å². The van der Waals surface area contributed by atoms with Gasteiger partial charge in [0.2, 0.25) is 0 Å². The average molecular weight is 216 g/mol. The maximum atomic E-state index is 6.22. The van der Waals surface area contributed by atoms with E-state index in [2.05, 4.69) is 17.5 Å². The smallest absolute Gasteiger partial charge is 0.0704 e. The molecule has 82 valence electrons. The van der Waals surface area contributed by atoms with Crippen LogP contribution in [0.4, 0.5) is 0 Å². The summed E-state index contributed by atoms with van der Waals surface area (Å²) in [5.74, 6) is 0. The third-order valence-corrected chi connectivity index (χ3v) is 4.70. The molecule has 0 aromatic rings. The monoisotopic (exact) mass is 216 g/mol. The predicted octanol–water partition coefficient (Wildman–Crippen LogP) is 1.09. The van der Waals surface area contributed by atoms with Crippen LogP contribution in [-0.2, 0) is 4.74 Å². The lowest BCUT2D eigenvalue weighted by atomic mass is 9.74. The van der Waals surface area contributed by atoms with E-state index in [1.54, 1.807) is 0 Å². The Hall–Kier alpha value is 0.230. The molecule has 0 aromatic carbocycles. The molecule has 2 fully saturated rings. The summed E-state index contributed by atoms with van der Waals surface area (Å²) in [6.07, 6.45) is 4.78. The lowest BCUT2D eigenvalue weighted by Crippen LogP contribution is -2.49. The number of rotatable bonds is 1. The lowest BCUT2D eigenvalue weighted by Gasteiger charge is -2.40. The molecule has 2 rings (SSSR count). The van der Waals surface area contributed by atoms with Crippen LogP contribution in [0.25, 0.3) is 0 Å². The first-order chi connectivity index (χ1) is 6.68. The Labute approximate surface area is 90.5 Å². The zero-order valence-electron chi connectivity index (χ0n) is 9.03. The van der Waals surface area contributed by atoms with Crippen LogP contribution >= 0.6 is 11.9 Å². The van der Waals surface area contributed by atoms with Crippen molar-refractivity contribution < 1.29 is 4.74 Å². The zero-order chi connectivity index (χ0) is 10.2. The molecule has 2 unspecified atom stereocenters. The maximum Gasteiger partial charge on any atom is 0.0704 e. The predicted molar refractivity (Wildman–Crippen MR) is 60.1 cm³/mol. The second-order valence-corrected chi connectivity index (χ2v) is 5.40. The first kappa shape index (κ1) is 10.7. The van der Waals surface area contributed by atoms with Crippen LogP contribution in [-0.4, -0.2) is 42.4 Å². The van der Waals surface area contributed by atoms with Gasteiger partial charge in [0.15, 0.2) is 0 Å². The fourth-order valence-electron chi connectivity index (χ4n) is 2.59. The van der Waals surface area contributed by atoms with Crippen LogP contribution in [0.3, 0.4) is 0 Å². The molecular formula is C10H20N2OS. The molecule has 14 heavy (non-hydrogen) atoms. The number of nitrogens with two attached hydrogens (primary N) is 1. The fourth-order valence-corrected chi connectivity index (χ4v) is 3.13. The van der Waals surface area contributed by atoms with Crippen molar-refractivity contribution in [2.45, 2.75) is 31.9 Å². The normalized spacial score (nSPS) is 37.9. The molecule has 4 heteroatoms. The van der Waals surface area contributed by atoms with Crippen LogP contribution in [0, 0.1) is 5.41 Å². The summed E-state index contributed by atoms with van der Waals surface area (Å²) in [7, 11) is 0. The molecule has 3 nitrogen and oxygen atoms in total. The van der Waals surface area contributed by atoms with E-state index in [1.807, 2.05) is 11.9 Å². The number of hydrogen-bond donors (Lipinski definition) is 1. The van der Waals surface area contributed by atoms with Gasteiger partial charge in [-0.2, -0.15) is 0 Å². The van der Waals surface area contributed by atoms with Gasteiger partial charge >= 0.3 is 0 Å². The largest absolute Gasteiger partial charge is 0.376 e. The Bertz CT molecular complexity index is 204. The highest BCUT2D eigenvalue weighted by molar-refractivity contribution is 7.96. The van der Waals surface area contributed by atoms with Crippen molar-refractivity contribution in [3.63, 3.8) is 0 Å². The maximum absolute atomic E-state index is 6.22. The van der Waals surface area contributed by atoms with Crippen LogP contribution in [0.15, 0.2) is 0 Å². The average Bonchev–Trinajstić information content (AvgIpc) is 2.49. The second-order valence-electron chi connectivity index (χ2n) is 4.52. The molecule has 1 spiro atoms. The molecule has 0 amide bonds. The SMILES string of the molecule is CSN1CCC2(CC1)COC(C)C2N. The highest BCUT2D eigenvalue weighted by Gasteiger charge is 2.47. The summed E-state index contributed by atoms with van der Waals surface area (Å²) in [6.45, 7) is 5.29. The van der Waals surface area contributed by atoms with E-state index >= 15 is 0 Å². The number of hydrogen-bond acceptors (Lipinski definition) is 4. The summed E-state index contributed by atoms with van der Waals surface area (Å²) < 4.78 is 8.09. The first-order valence-corrected chi connectivity index (χ1v) is 6.52. The third-order valence-electron chi connectivity index (χ3n) is 3.82. The number of piperidine rings is 1. The standard InChI is InChI=1S/C10H20N2OS/c1-8-9(11)10(7-13-8)3-5-12(14-2)6-4-10/h8-9H,3-7,11H2,1-2H3. The van der Waals surface area contributed by atoms with Gasteiger partial charge in [-0.3, -0.25) is 4.31 Å². The summed E-state index contributed by atoms with van der Waals surface area (Å²) >= 11 is 1.84. The van der Waals surface area contributed by atoms with E-state index in [-0.39, 0.29) is 17.6 Å². The van der Waals surface area contributed by atoms with Gasteiger partial charge in [-0.25, -0.2) is 0 Å². The lowest BCUT2D eigenvalue weighted by molar-refractivity contribution is 0.0873. The van der Waals surface area contributed by atoms with E-state index in [9.17, 15) is 0 Å². The highest BCUT2D eigenvalue weighted by Crippen LogP contribution is 2.41. The van der Waals surface area contributed by atoms with Crippen molar-refractivity contribution in [2.24, 2.45) is 11.1 Å². The quantitative estimate of drug-likeness (QED) is 0.666. The molecule has 2 saturated heterocycles. The van der Waals surface area contributed by atoms with Gasteiger partial charge in [-0.15, -0.1) is 0 Å². The second kappa shape index (κ2) is 4.00. The molecule has 0 aromatic heterocycles. The van der Waals surface area contributed by atoms with Crippen molar-refractivity contribution in [3.8, 4) is 0 Å². The summed E-state index contributed by atoms with van der Waals surface area (Å²) in [5, 5.41) is 0. The van der Waals surface area contributed by atoms with Crippen molar-refractivity contribution >= 4 is 11.9 Å². The van der Waals surface area contributed by atoms with Gasteiger partial charge in [0.1, 0.15) is 0 Å². The molecule has 2 N–H and O–H groups in total. The molecule has 0 radical (unpaired) electrons. The molecule has 2 aliphatic rings. The minimum absolute atomic E-state index is 0.242. The van der Waals surface area contributed by atoms with Crippen molar-refractivity contribution in [1.82, 2.24) is 4.31 Å². The zero-order valence-corrected chi connectivity index (χ0v) is 9.85. The molecule has 2 aliphatic heterocycles.